The maximum atomic E-state index is 11.2. The molecule has 100 valence electrons. The van der Waals surface area contributed by atoms with Gasteiger partial charge in [0.05, 0.1) is 9.88 Å². The van der Waals surface area contributed by atoms with Crippen LogP contribution in [0.1, 0.15) is 27.3 Å². The highest BCUT2D eigenvalue weighted by Gasteiger charge is 2.21. The van der Waals surface area contributed by atoms with E-state index in [1.54, 1.807) is 0 Å². The first-order valence-corrected chi connectivity index (χ1v) is 7.04. The molecule has 6 heteroatoms. The minimum atomic E-state index is -0.907. The van der Waals surface area contributed by atoms with Gasteiger partial charge in [-0.05, 0) is 13.5 Å². The van der Waals surface area contributed by atoms with Gasteiger partial charge in [-0.2, -0.15) is 0 Å². The van der Waals surface area contributed by atoms with E-state index in [-0.39, 0.29) is 5.69 Å². The van der Waals surface area contributed by atoms with E-state index >= 15 is 0 Å². The first-order valence-electron chi connectivity index (χ1n) is 6.23. The van der Waals surface area contributed by atoms with Gasteiger partial charge in [-0.3, -0.25) is 4.90 Å². The fourth-order valence-electron chi connectivity index (χ4n) is 2.03. The first kappa shape index (κ1) is 13.5. The van der Waals surface area contributed by atoms with Gasteiger partial charge < -0.3 is 10.0 Å². The molecule has 1 N–H and O–H groups in total. The van der Waals surface area contributed by atoms with Crippen molar-refractivity contribution in [2.24, 2.45) is 0 Å². The molecule has 0 atom stereocenters. The highest BCUT2D eigenvalue weighted by molar-refractivity contribution is 7.11. The number of aromatic nitrogens is 1. The van der Waals surface area contributed by atoms with Gasteiger partial charge in [0.2, 0.25) is 0 Å². The molecule has 2 rings (SSSR count). The fourth-order valence-corrected chi connectivity index (χ4v) is 3.08. The summed E-state index contributed by atoms with van der Waals surface area (Å²) < 4.78 is 0. The van der Waals surface area contributed by atoms with E-state index in [0.29, 0.717) is 6.54 Å². The summed E-state index contributed by atoms with van der Waals surface area (Å²) in [6.45, 7) is 6.80. The molecule has 0 radical (unpaired) electrons. The number of hydrogen-bond donors (Lipinski definition) is 1. The summed E-state index contributed by atoms with van der Waals surface area (Å²) in [5, 5.41) is 10.1. The Labute approximate surface area is 111 Å². The molecule has 1 aromatic heterocycles. The molecule has 0 amide bonds. The molecule has 0 aromatic carbocycles. The minimum absolute atomic E-state index is 0.246. The molecule has 0 saturated carbocycles. The lowest BCUT2D eigenvalue weighted by atomic mass is 10.3. The quantitative estimate of drug-likeness (QED) is 0.888. The van der Waals surface area contributed by atoms with Gasteiger partial charge in [0, 0.05) is 32.7 Å². The Hall–Kier alpha value is -0.980. The zero-order chi connectivity index (χ0) is 13.1. The van der Waals surface area contributed by atoms with Crippen LogP contribution in [-0.2, 0) is 13.0 Å². The molecular formula is C12H19N3O2S. The summed E-state index contributed by atoms with van der Waals surface area (Å²) in [5.74, 6) is -0.907. The van der Waals surface area contributed by atoms with Crippen LogP contribution in [0, 0.1) is 0 Å². The van der Waals surface area contributed by atoms with E-state index < -0.39 is 5.97 Å². The van der Waals surface area contributed by atoms with Crippen molar-refractivity contribution in [1.29, 1.82) is 0 Å². The minimum Gasteiger partial charge on any atom is -0.476 e. The summed E-state index contributed by atoms with van der Waals surface area (Å²) in [6, 6.07) is 0. The second-order valence-corrected chi connectivity index (χ2v) is 5.79. The van der Waals surface area contributed by atoms with Crippen molar-refractivity contribution in [2.45, 2.75) is 19.9 Å². The molecule has 2 heterocycles. The molecule has 18 heavy (non-hydrogen) atoms. The van der Waals surface area contributed by atoms with Crippen LogP contribution in [0.15, 0.2) is 0 Å². The van der Waals surface area contributed by atoms with Crippen molar-refractivity contribution in [3.8, 4) is 0 Å². The molecule has 0 bridgehead atoms. The topological polar surface area (TPSA) is 56.7 Å². The van der Waals surface area contributed by atoms with Gasteiger partial charge in [-0.15, -0.1) is 11.3 Å². The normalized spacial score (nSPS) is 18.1. The van der Waals surface area contributed by atoms with Crippen molar-refractivity contribution in [1.82, 2.24) is 14.8 Å². The lowest BCUT2D eigenvalue weighted by Gasteiger charge is -2.31. The van der Waals surface area contributed by atoms with Gasteiger partial charge in [-0.1, -0.05) is 6.92 Å². The number of aromatic carboxylic acids is 1. The number of piperazine rings is 1. The van der Waals surface area contributed by atoms with Gasteiger partial charge in [0.15, 0.2) is 5.69 Å². The SMILES string of the molecule is CCc1nc(C(=O)O)c(CN2CCN(C)CC2)s1. The van der Waals surface area contributed by atoms with E-state index in [1.165, 1.54) is 11.3 Å². The van der Waals surface area contributed by atoms with Crippen LogP contribution in [-0.4, -0.2) is 59.1 Å². The molecular weight excluding hydrogens is 250 g/mol. The molecule has 0 aliphatic carbocycles. The smallest absolute Gasteiger partial charge is 0.355 e. The molecule has 1 aliphatic rings. The van der Waals surface area contributed by atoms with Crippen LogP contribution in [0.5, 0.6) is 0 Å². The van der Waals surface area contributed by atoms with Gasteiger partial charge in [-0.25, -0.2) is 9.78 Å². The number of likely N-dealkylation sites (N-methyl/N-ethyl adjacent to an activating group) is 1. The molecule has 1 aromatic rings. The van der Waals surface area contributed by atoms with Gasteiger partial charge in [0.25, 0.3) is 0 Å². The average molecular weight is 269 g/mol. The molecule has 0 unspecified atom stereocenters. The Bertz CT molecular complexity index is 425. The van der Waals surface area contributed by atoms with Crippen LogP contribution < -0.4 is 0 Å². The third kappa shape index (κ3) is 3.07. The largest absolute Gasteiger partial charge is 0.476 e. The Balaban J connectivity index is 2.08. The van der Waals surface area contributed by atoms with Gasteiger partial charge in [0.1, 0.15) is 0 Å². The molecule has 0 spiro atoms. The second kappa shape index (κ2) is 5.77. The van der Waals surface area contributed by atoms with Crippen LogP contribution in [0.2, 0.25) is 0 Å². The maximum Gasteiger partial charge on any atom is 0.355 e. The van der Waals surface area contributed by atoms with Crippen molar-refractivity contribution in [2.75, 3.05) is 33.2 Å². The summed E-state index contributed by atoms with van der Waals surface area (Å²) in [5.41, 5.74) is 0.246. The molecule has 1 aliphatic heterocycles. The summed E-state index contributed by atoms with van der Waals surface area (Å²) >= 11 is 1.54. The lowest BCUT2D eigenvalue weighted by Crippen LogP contribution is -2.43. The first-order chi connectivity index (χ1) is 8.60. The van der Waals surface area contributed by atoms with Crippen molar-refractivity contribution >= 4 is 17.3 Å². The number of rotatable bonds is 4. The number of nitrogens with zero attached hydrogens (tertiary/aromatic N) is 3. The Morgan fingerprint density at radius 3 is 2.61 bits per heavy atom. The maximum absolute atomic E-state index is 11.2. The zero-order valence-electron chi connectivity index (χ0n) is 10.8. The number of carboxylic acids is 1. The standard InChI is InChI=1S/C12H19N3O2S/c1-3-10-13-11(12(16)17)9(18-10)8-15-6-4-14(2)5-7-15/h3-8H2,1-2H3,(H,16,17). The third-order valence-electron chi connectivity index (χ3n) is 3.21. The third-order valence-corrected chi connectivity index (χ3v) is 4.39. The van der Waals surface area contributed by atoms with Crippen LogP contribution in [0.3, 0.4) is 0 Å². The predicted molar refractivity (Wildman–Crippen MR) is 71.2 cm³/mol. The fraction of sp³-hybridized carbons (Fsp3) is 0.667. The van der Waals surface area contributed by atoms with E-state index in [1.807, 2.05) is 6.92 Å². The van der Waals surface area contributed by atoms with E-state index in [0.717, 1.165) is 42.5 Å². The van der Waals surface area contributed by atoms with Crippen LogP contribution >= 0.6 is 11.3 Å². The second-order valence-electron chi connectivity index (χ2n) is 4.62. The van der Waals surface area contributed by atoms with Gasteiger partial charge >= 0.3 is 5.97 Å². The summed E-state index contributed by atoms with van der Waals surface area (Å²) in [6.07, 6.45) is 0.799. The highest BCUT2D eigenvalue weighted by Crippen LogP contribution is 2.21. The number of aryl methyl sites for hydroxylation is 1. The van der Waals surface area contributed by atoms with Crippen molar-refractivity contribution in [3.05, 3.63) is 15.6 Å². The molecule has 5 nitrogen and oxygen atoms in total. The lowest BCUT2D eigenvalue weighted by molar-refractivity contribution is 0.0687. The number of carboxylic acid groups (broad SMARTS) is 1. The highest BCUT2D eigenvalue weighted by atomic mass is 32.1. The predicted octanol–water partition coefficient (Wildman–Crippen LogP) is 1.15. The number of hydrogen-bond acceptors (Lipinski definition) is 5. The Kier molecular flexibility index (Phi) is 4.31. The molecule has 1 saturated heterocycles. The summed E-state index contributed by atoms with van der Waals surface area (Å²) in [4.78, 5) is 20.8. The summed E-state index contributed by atoms with van der Waals surface area (Å²) in [7, 11) is 2.11. The van der Waals surface area contributed by atoms with Crippen LogP contribution in [0.25, 0.3) is 0 Å². The van der Waals surface area contributed by atoms with Crippen LogP contribution in [0.4, 0.5) is 0 Å². The van der Waals surface area contributed by atoms with E-state index in [2.05, 4.69) is 21.8 Å². The van der Waals surface area contributed by atoms with E-state index in [4.69, 9.17) is 5.11 Å². The average Bonchev–Trinajstić information content (AvgIpc) is 2.75. The van der Waals surface area contributed by atoms with E-state index in [9.17, 15) is 4.79 Å². The van der Waals surface area contributed by atoms with Crippen molar-refractivity contribution in [3.63, 3.8) is 0 Å². The Morgan fingerprint density at radius 2 is 2.06 bits per heavy atom. The number of thiazole rings is 1. The zero-order valence-corrected chi connectivity index (χ0v) is 11.7. The number of carbonyl (C=O) groups is 1. The van der Waals surface area contributed by atoms with Crippen molar-refractivity contribution < 1.29 is 9.90 Å². The molecule has 1 fully saturated rings. The Morgan fingerprint density at radius 1 is 1.39 bits per heavy atom. The monoisotopic (exact) mass is 269 g/mol.